The zero-order valence-electron chi connectivity index (χ0n) is 14.2. The number of hydrogen-bond acceptors (Lipinski definition) is 6. The highest BCUT2D eigenvalue weighted by Gasteiger charge is 2.36. The minimum atomic E-state index is -0.321. The van der Waals surface area contributed by atoms with E-state index in [2.05, 4.69) is 20.5 Å². The van der Waals surface area contributed by atoms with Gasteiger partial charge in [0.05, 0.1) is 31.0 Å². The Kier molecular flexibility index (Phi) is 4.26. The highest BCUT2D eigenvalue weighted by atomic mass is 16.5. The summed E-state index contributed by atoms with van der Waals surface area (Å²) in [7, 11) is 1.58. The van der Waals surface area contributed by atoms with Crippen LogP contribution in [0.15, 0.2) is 43.1 Å². The Labute approximate surface area is 149 Å². The van der Waals surface area contributed by atoms with Crippen LogP contribution in [0.25, 0.3) is 5.65 Å². The second-order valence-electron chi connectivity index (χ2n) is 6.48. The van der Waals surface area contributed by atoms with E-state index >= 15 is 0 Å². The summed E-state index contributed by atoms with van der Waals surface area (Å²) in [4.78, 5) is 17.1. The molecule has 0 radical (unpaired) electrons. The fourth-order valence-corrected chi connectivity index (χ4v) is 3.34. The van der Waals surface area contributed by atoms with Gasteiger partial charge in [0, 0.05) is 12.4 Å². The number of nitrogens with one attached hydrogen (secondary N) is 1. The third-order valence-electron chi connectivity index (χ3n) is 4.80. The van der Waals surface area contributed by atoms with Crippen LogP contribution >= 0.6 is 0 Å². The molecule has 2 N–H and O–H groups in total. The third kappa shape index (κ3) is 2.99. The first kappa shape index (κ1) is 16.5. The van der Waals surface area contributed by atoms with Crippen molar-refractivity contribution in [2.45, 2.75) is 25.0 Å². The molecule has 134 valence electrons. The van der Waals surface area contributed by atoms with Gasteiger partial charge in [-0.3, -0.25) is 14.2 Å². The SMILES string of the molecule is COc1cncc([C@@H](NC(=O)c2cccn3cnnc23)C2CC(O)C2)c1. The molecule has 1 saturated carbocycles. The van der Waals surface area contributed by atoms with Crippen LogP contribution in [0.2, 0.25) is 0 Å². The molecule has 1 atom stereocenters. The Bertz CT molecular complexity index is 935. The second kappa shape index (κ2) is 6.72. The number of amides is 1. The van der Waals surface area contributed by atoms with E-state index in [0.29, 0.717) is 29.8 Å². The zero-order chi connectivity index (χ0) is 18.1. The number of hydrogen-bond donors (Lipinski definition) is 2. The van der Waals surface area contributed by atoms with Crippen molar-refractivity contribution >= 4 is 11.6 Å². The van der Waals surface area contributed by atoms with Gasteiger partial charge >= 0.3 is 0 Å². The van der Waals surface area contributed by atoms with Gasteiger partial charge in [0.15, 0.2) is 5.65 Å². The van der Waals surface area contributed by atoms with E-state index in [4.69, 9.17) is 4.74 Å². The Morgan fingerprint density at radius 1 is 1.42 bits per heavy atom. The van der Waals surface area contributed by atoms with Crippen LogP contribution in [0, 0.1) is 5.92 Å². The summed E-state index contributed by atoms with van der Waals surface area (Å²) in [5, 5.41) is 20.7. The van der Waals surface area contributed by atoms with E-state index in [9.17, 15) is 9.90 Å². The molecule has 3 heterocycles. The molecule has 0 saturated heterocycles. The number of carbonyl (C=O) groups is 1. The van der Waals surface area contributed by atoms with Crippen molar-refractivity contribution < 1.29 is 14.6 Å². The highest BCUT2D eigenvalue weighted by molar-refractivity contribution is 5.99. The van der Waals surface area contributed by atoms with Crippen LogP contribution in [-0.2, 0) is 0 Å². The Hall–Kier alpha value is -3.00. The Morgan fingerprint density at radius 2 is 2.27 bits per heavy atom. The number of pyridine rings is 2. The fraction of sp³-hybridized carbons (Fsp3) is 0.333. The summed E-state index contributed by atoms with van der Waals surface area (Å²) in [5.41, 5.74) is 1.80. The molecular weight excluding hydrogens is 334 g/mol. The lowest BCUT2D eigenvalue weighted by Crippen LogP contribution is -2.41. The van der Waals surface area contributed by atoms with Crippen LogP contribution in [0.3, 0.4) is 0 Å². The summed E-state index contributed by atoms with van der Waals surface area (Å²) in [6.07, 6.45) is 7.63. The summed E-state index contributed by atoms with van der Waals surface area (Å²) in [5.74, 6) is 0.527. The normalized spacial score (nSPS) is 20.4. The molecule has 0 bridgehead atoms. The van der Waals surface area contributed by atoms with Crippen molar-refractivity contribution in [3.8, 4) is 5.75 Å². The molecule has 3 aromatic rings. The molecular formula is C18H19N5O3. The summed E-state index contributed by atoms with van der Waals surface area (Å²) in [6, 6.07) is 5.09. The number of aliphatic hydroxyl groups excluding tert-OH is 1. The standard InChI is InChI=1S/C18H19N5O3/c1-26-14-7-12(8-19-9-14)16(11-5-13(24)6-11)21-18(25)15-3-2-4-23-10-20-22-17(15)23/h2-4,7-11,13,16,24H,5-6H2,1H3,(H,21,25)/t11?,13?,16-/m0/s1. The summed E-state index contributed by atoms with van der Waals surface area (Å²) >= 11 is 0. The Balaban J connectivity index is 1.64. The van der Waals surface area contributed by atoms with Gasteiger partial charge in [-0.1, -0.05) is 0 Å². The number of rotatable bonds is 5. The third-order valence-corrected chi connectivity index (χ3v) is 4.80. The van der Waals surface area contributed by atoms with Crippen LogP contribution in [0.4, 0.5) is 0 Å². The number of methoxy groups -OCH3 is 1. The average molecular weight is 353 g/mol. The first-order valence-electron chi connectivity index (χ1n) is 8.42. The molecule has 26 heavy (non-hydrogen) atoms. The first-order valence-corrected chi connectivity index (χ1v) is 8.42. The minimum Gasteiger partial charge on any atom is -0.495 e. The molecule has 3 aromatic heterocycles. The number of nitrogens with zero attached hydrogens (tertiary/aromatic N) is 4. The fourth-order valence-electron chi connectivity index (χ4n) is 3.34. The number of carbonyl (C=O) groups excluding carboxylic acids is 1. The lowest BCUT2D eigenvalue weighted by atomic mass is 9.75. The summed E-state index contributed by atoms with van der Waals surface area (Å²) < 4.78 is 6.95. The largest absolute Gasteiger partial charge is 0.495 e. The van der Waals surface area contributed by atoms with Crippen LogP contribution in [0.1, 0.15) is 34.8 Å². The number of aliphatic hydroxyl groups is 1. The zero-order valence-corrected chi connectivity index (χ0v) is 14.2. The first-order chi connectivity index (χ1) is 12.7. The molecule has 1 amide bonds. The van der Waals surface area contributed by atoms with Gasteiger partial charge in [-0.2, -0.15) is 0 Å². The van der Waals surface area contributed by atoms with E-state index in [1.807, 2.05) is 6.07 Å². The quantitative estimate of drug-likeness (QED) is 0.718. The molecule has 1 aliphatic carbocycles. The van der Waals surface area contributed by atoms with Gasteiger partial charge in [0.1, 0.15) is 12.1 Å². The number of ether oxygens (including phenoxy) is 1. The summed E-state index contributed by atoms with van der Waals surface area (Å²) in [6.45, 7) is 0. The van der Waals surface area contributed by atoms with Gasteiger partial charge in [-0.05, 0) is 42.5 Å². The van der Waals surface area contributed by atoms with Gasteiger partial charge in [-0.25, -0.2) is 0 Å². The maximum absolute atomic E-state index is 12.9. The average Bonchev–Trinajstić information content (AvgIpc) is 3.12. The molecule has 0 aromatic carbocycles. The van der Waals surface area contributed by atoms with Gasteiger partial charge < -0.3 is 15.2 Å². The molecule has 0 unspecified atom stereocenters. The maximum Gasteiger partial charge on any atom is 0.255 e. The van der Waals surface area contributed by atoms with Crippen LogP contribution in [-0.4, -0.2) is 43.8 Å². The van der Waals surface area contributed by atoms with E-state index in [-0.39, 0.29) is 24.0 Å². The second-order valence-corrected chi connectivity index (χ2v) is 6.48. The maximum atomic E-state index is 12.9. The molecule has 1 aliphatic rings. The monoisotopic (exact) mass is 353 g/mol. The number of aromatic nitrogens is 4. The van der Waals surface area contributed by atoms with Crippen LogP contribution in [0.5, 0.6) is 5.75 Å². The topological polar surface area (TPSA) is 102 Å². The smallest absolute Gasteiger partial charge is 0.255 e. The van der Waals surface area contributed by atoms with Crippen molar-refractivity contribution in [3.05, 3.63) is 54.2 Å². The lowest BCUT2D eigenvalue weighted by molar-refractivity contribution is 0.0234. The van der Waals surface area contributed by atoms with Crippen molar-refractivity contribution in [2.75, 3.05) is 7.11 Å². The van der Waals surface area contributed by atoms with E-state index in [0.717, 1.165) is 5.56 Å². The predicted octanol–water partition coefficient (Wildman–Crippen LogP) is 1.37. The van der Waals surface area contributed by atoms with Gasteiger partial charge in [-0.15, -0.1) is 10.2 Å². The highest BCUT2D eigenvalue weighted by Crippen LogP contribution is 2.38. The molecule has 1 fully saturated rings. The van der Waals surface area contributed by atoms with Crippen molar-refractivity contribution in [2.24, 2.45) is 5.92 Å². The van der Waals surface area contributed by atoms with E-state index in [1.54, 1.807) is 48.6 Å². The number of fused-ring (bicyclic) bond motifs is 1. The van der Waals surface area contributed by atoms with E-state index in [1.165, 1.54) is 0 Å². The van der Waals surface area contributed by atoms with Gasteiger partial charge in [0.25, 0.3) is 5.91 Å². The molecule has 8 heteroatoms. The van der Waals surface area contributed by atoms with Crippen LogP contribution < -0.4 is 10.1 Å². The molecule has 4 rings (SSSR count). The van der Waals surface area contributed by atoms with Crippen molar-refractivity contribution in [1.82, 2.24) is 24.9 Å². The van der Waals surface area contributed by atoms with E-state index < -0.39 is 0 Å². The van der Waals surface area contributed by atoms with Crippen molar-refractivity contribution in [3.63, 3.8) is 0 Å². The molecule has 0 spiro atoms. The molecule has 8 nitrogen and oxygen atoms in total. The lowest BCUT2D eigenvalue weighted by Gasteiger charge is -2.38. The van der Waals surface area contributed by atoms with Gasteiger partial charge in [0.2, 0.25) is 0 Å². The minimum absolute atomic E-state index is 0.139. The van der Waals surface area contributed by atoms with Crippen molar-refractivity contribution in [1.29, 1.82) is 0 Å². The Morgan fingerprint density at radius 3 is 3.04 bits per heavy atom. The molecule has 0 aliphatic heterocycles. The predicted molar refractivity (Wildman–Crippen MR) is 92.7 cm³/mol.